The molecule has 2 nitrogen and oxygen atoms in total. The first-order valence-corrected chi connectivity index (χ1v) is 5.11. The first kappa shape index (κ1) is 10.6. The van der Waals surface area contributed by atoms with Crippen molar-refractivity contribution >= 4 is 0 Å². The molecule has 1 saturated carbocycles. The molecule has 0 aromatic rings. The van der Waals surface area contributed by atoms with Crippen LogP contribution in [-0.4, -0.2) is 23.3 Å². The van der Waals surface area contributed by atoms with Crippen LogP contribution >= 0.6 is 0 Å². The SMILES string of the molecule is C#CCC(C)N[C@H]1CCCC[C@@H]1O. The van der Waals surface area contributed by atoms with Gasteiger partial charge in [0.25, 0.3) is 0 Å². The molecule has 0 spiro atoms. The zero-order chi connectivity index (χ0) is 9.68. The Morgan fingerprint density at radius 2 is 2.23 bits per heavy atom. The van der Waals surface area contributed by atoms with Crippen molar-refractivity contribution in [2.75, 3.05) is 0 Å². The van der Waals surface area contributed by atoms with Gasteiger partial charge in [0, 0.05) is 18.5 Å². The zero-order valence-corrected chi connectivity index (χ0v) is 8.29. The lowest BCUT2D eigenvalue weighted by Crippen LogP contribution is -2.45. The highest BCUT2D eigenvalue weighted by molar-refractivity contribution is 4.90. The summed E-state index contributed by atoms with van der Waals surface area (Å²) in [6, 6.07) is 0.583. The maximum Gasteiger partial charge on any atom is 0.0693 e. The van der Waals surface area contributed by atoms with E-state index in [9.17, 15) is 5.11 Å². The smallest absolute Gasteiger partial charge is 0.0693 e. The second kappa shape index (κ2) is 5.26. The minimum Gasteiger partial charge on any atom is -0.392 e. The molecular formula is C11H19NO. The molecule has 1 unspecified atom stereocenters. The van der Waals surface area contributed by atoms with E-state index in [4.69, 9.17) is 6.42 Å². The maximum absolute atomic E-state index is 9.67. The summed E-state index contributed by atoms with van der Waals surface area (Å²) in [5.74, 6) is 2.63. The van der Waals surface area contributed by atoms with Gasteiger partial charge >= 0.3 is 0 Å². The minimum atomic E-state index is -0.172. The molecule has 0 radical (unpaired) electrons. The third-order valence-electron chi connectivity index (χ3n) is 2.65. The Hall–Kier alpha value is -0.520. The number of hydrogen-bond acceptors (Lipinski definition) is 2. The van der Waals surface area contributed by atoms with Crippen LogP contribution in [0.2, 0.25) is 0 Å². The largest absolute Gasteiger partial charge is 0.392 e. The molecular weight excluding hydrogens is 162 g/mol. The molecule has 0 saturated heterocycles. The van der Waals surface area contributed by atoms with Gasteiger partial charge in [-0.3, -0.25) is 0 Å². The topological polar surface area (TPSA) is 32.3 Å². The standard InChI is InChI=1S/C11H19NO/c1-3-6-9(2)12-10-7-4-5-8-11(10)13/h1,9-13H,4-8H2,2H3/t9?,10-,11-/m0/s1. The Kier molecular flexibility index (Phi) is 4.27. The number of terminal acetylenes is 1. The normalized spacial score (nSPS) is 30.8. The number of aliphatic hydroxyl groups excluding tert-OH is 1. The van der Waals surface area contributed by atoms with Crippen molar-refractivity contribution in [1.82, 2.24) is 5.32 Å². The quantitative estimate of drug-likeness (QED) is 0.643. The number of nitrogens with one attached hydrogen (secondary N) is 1. The summed E-state index contributed by atoms with van der Waals surface area (Å²) < 4.78 is 0. The number of hydrogen-bond donors (Lipinski definition) is 2. The lowest BCUT2D eigenvalue weighted by Gasteiger charge is -2.30. The fourth-order valence-electron chi connectivity index (χ4n) is 1.91. The predicted molar refractivity (Wildman–Crippen MR) is 54.3 cm³/mol. The Labute approximate surface area is 80.7 Å². The molecule has 1 aliphatic rings. The van der Waals surface area contributed by atoms with E-state index in [1.165, 1.54) is 6.42 Å². The highest BCUT2D eigenvalue weighted by Gasteiger charge is 2.23. The van der Waals surface area contributed by atoms with Gasteiger partial charge in [0.1, 0.15) is 0 Å². The number of aliphatic hydroxyl groups is 1. The molecule has 74 valence electrons. The van der Waals surface area contributed by atoms with E-state index in [2.05, 4.69) is 18.2 Å². The average Bonchev–Trinajstić information content (AvgIpc) is 2.09. The van der Waals surface area contributed by atoms with Crippen LogP contribution in [0.25, 0.3) is 0 Å². The summed E-state index contributed by atoms with van der Waals surface area (Å²) in [6.45, 7) is 2.07. The molecule has 2 heteroatoms. The van der Waals surface area contributed by atoms with Crippen LogP contribution in [0.3, 0.4) is 0 Å². The molecule has 0 aromatic heterocycles. The summed E-state index contributed by atoms with van der Waals surface area (Å²) >= 11 is 0. The van der Waals surface area contributed by atoms with Gasteiger partial charge in [0.2, 0.25) is 0 Å². The van der Waals surface area contributed by atoms with E-state index in [0.29, 0.717) is 6.04 Å². The van der Waals surface area contributed by atoms with Crippen LogP contribution < -0.4 is 5.32 Å². The van der Waals surface area contributed by atoms with Gasteiger partial charge in [-0.2, -0.15) is 0 Å². The van der Waals surface area contributed by atoms with Crippen molar-refractivity contribution in [3.8, 4) is 12.3 Å². The van der Waals surface area contributed by atoms with Crippen LogP contribution in [0.15, 0.2) is 0 Å². The minimum absolute atomic E-state index is 0.172. The average molecular weight is 181 g/mol. The summed E-state index contributed by atoms with van der Waals surface area (Å²) in [5, 5.41) is 13.0. The molecule has 0 heterocycles. The second-order valence-corrected chi connectivity index (χ2v) is 3.93. The van der Waals surface area contributed by atoms with Crippen LogP contribution in [0, 0.1) is 12.3 Å². The van der Waals surface area contributed by atoms with E-state index in [0.717, 1.165) is 25.7 Å². The monoisotopic (exact) mass is 181 g/mol. The van der Waals surface area contributed by atoms with Gasteiger partial charge in [-0.25, -0.2) is 0 Å². The Bertz CT molecular complexity index is 185. The third kappa shape index (κ3) is 3.38. The van der Waals surface area contributed by atoms with Crippen molar-refractivity contribution in [2.24, 2.45) is 0 Å². The second-order valence-electron chi connectivity index (χ2n) is 3.93. The molecule has 1 fully saturated rings. The molecule has 0 aliphatic heterocycles. The van der Waals surface area contributed by atoms with E-state index < -0.39 is 0 Å². The van der Waals surface area contributed by atoms with Crippen LogP contribution in [0.1, 0.15) is 39.0 Å². The van der Waals surface area contributed by atoms with Gasteiger partial charge in [-0.15, -0.1) is 12.3 Å². The lowest BCUT2D eigenvalue weighted by molar-refractivity contribution is 0.0863. The van der Waals surface area contributed by atoms with E-state index in [-0.39, 0.29) is 12.1 Å². The fraction of sp³-hybridized carbons (Fsp3) is 0.818. The molecule has 13 heavy (non-hydrogen) atoms. The van der Waals surface area contributed by atoms with Gasteiger partial charge in [0.05, 0.1) is 6.10 Å². The Balaban J connectivity index is 2.30. The molecule has 1 rings (SSSR count). The Morgan fingerprint density at radius 3 is 2.85 bits per heavy atom. The lowest BCUT2D eigenvalue weighted by atomic mass is 9.92. The maximum atomic E-state index is 9.67. The molecule has 1 aliphatic carbocycles. The van der Waals surface area contributed by atoms with E-state index in [1.54, 1.807) is 0 Å². The van der Waals surface area contributed by atoms with Gasteiger partial charge < -0.3 is 10.4 Å². The summed E-state index contributed by atoms with van der Waals surface area (Å²) in [4.78, 5) is 0. The van der Waals surface area contributed by atoms with Crippen molar-refractivity contribution in [1.29, 1.82) is 0 Å². The Morgan fingerprint density at radius 1 is 1.54 bits per heavy atom. The third-order valence-corrected chi connectivity index (χ3v) is 2.65. The summed E-state index contributed by atoms with van der Waals surface area (Å²) in [5.41, 5.74) is 0. The number of rotatable bonds is 3. The van der Waals surface area contributed by atoms with E-state index in [1.807, 2.05) is 0 Å². The molecule has 3 atom stereocenters. The van der Waals surface area contributed by atoms with Crippen molar-refractivity contribution in [3.05, 3.63) is 0 Å². The first-order chi connectivity index (χ1) is 6.24. The van der Waals surface area contributed by atoms with Gasteiger partial charge in [0.15, 0.2) is 0 Å². The highest BCUT2D eigenvalue weighted by Crippen LogP contribution is 2.18. The molecule has 2 N–H and O–H groups in total. The van der Waals surface area contributed by atoms with Crippen LogP contribution in [0.4, 0.5) is 0 Å². The fourth-order valence-corrected chi connectivity index (χ4v) is 1.91. The van der Waals surface area contributed by atoms with Crippen molar-refractivity contribution < 1.29 is 5.11 Å². The van der Waals surface area contributed by atoms with Crippen molar-refractivity contribution in [2.45, 2.75) is 57.2 Å². The van der Waals surface area contributed by atoms with Crippen LogP contribution in [0.5, 0.6) is 0 Å². The van der Waals surface area contributed by atoms with Gasteiger partial charge in [-0.1, -0.05) is 12.8 Å². The zero-order valence-electron chi connectivity index (χ0n) is 8.29. The van der Waals surface area contributed by atoms with Crippen molar-refractivity contribution in [3.63, 3.8) is 0 Å². The molecule has 0 aromatic carbocycles. The molecule has 0 bridgehead atoms. The summed E-state index contributed by atoms with van der Waals surface area (Å²) in [7, 11) is 0. The highest BCUT2D eigenvalue weighted by atomic mass is 16.3. The van der Waals surface area contributed by atoms with Crippen LogP contribution in [-0.2, 0) is 0 Å². The van der Waals surface area contributed by atoms with E-state index >= 15 is 0 Å². The molecule has 0 amide bonds. The first-order valence-electron chi connectivity index (χ1n) is 5.11. The predicted octanol–water partition coefficient (Wildman–Crippen LogP) is 1.29. The summed E-state index contributed by atoms with van der Waals surface area (Å²) in [6.07, 6.45) is 10.2. The van der Waals surface area contributed by atoms with Gasteiger partial charge in [-0.05, 0) is 19.8 Å².